The van der Waals surface area contributed by atoms with Gasteiger partial charge in [0.1, 0.15) is 5.52 Å². The summed E-state index contributed by atoms with van der Waals surface area (Å²) in [7, 11) is 0. The maximum atomic E-state index is 5.85. The van der Waals surface area contributed by atoms with Crippen molar-refractivity contribution in [1.29, 1.82) is 0 Å². The van der Waals surface area contributed by atoms with Crippen molar-refractivity contribution in [3.05, 3.63) is 42.7 Å². The fourth-order valence-corrected chi connectivity index (χ4v) is 3.58. The highest BCUT2D eigenvalue weighted by molar-refractivity contribution is 5.74. The van der Waals surface area contributed by atoms with Gasteiger partial charge in [-0.3, -0.25) is 4.90 Å². The third-order valence-corrected chi connectivity index (χ3v) is 5.08. The molecule has 0 spiro atoms. The van der Waals surface area contributed by atoms with Gasteiger partial charge >= 0.3 is 0 Å². The minimum atomic E-state index is 0.578. The molecule has 2 aromatic heterocycles. The third-order valence-electron chi connectivity index (χ3n) is 5.08. The number of oxazole rings is 1. The van der Waals surface area contributed by atoms with Crippen molar-refractivity contribution in [1.82, 2.24) is 19.9 Å². The number of benzene rings is 1. The maximum absolute atomic E-state index is 5.85. The number of rotatable bonds is 3. The summed E-state index contributed by atoms with van der Waals surface area (Å²) in [6.45, 7) is 6.00. The smallest absolute Gasteiger partial charge is 0.298 e. The average molecular weight is 336 g/mol. The minimum absolute atomic E-state index is 0.578. The molecular weight excluding hydrogens is 316 g/mol. The van der Waals surface area contributed by atoms with Gasteiger partial charge in [0.2, 0.25) is 5.95 Å². The van der Waals surface area contributed by atoms with Crippen LogP contribution in [0.1, 0.15) is 0 Å². The van der Waals surface area contributed by atoms with Crippen LogP contribution in [0.5, 0.6) is 0 Å². The van der Waals surface area contributed by atoms with Gasteiger partial charge in [0.15, 0.2) is 5.58 Å². The SMILES string of the molecule is c1cnc(N2CCN(C3CN(c4nc5ccccc5o4)C3)CC2)nc1. The van der Waals surface area contributed by atoms with Crippen LogP contribution >= 0.6 is 0 Å². The standard InChI is InChI=1S/C18H20N6O/c1-2-5-16-15(4-1)21-18(25-16)24-12-14(13-24)22-8-10-23(11-9-22)17-19-6-3-7-20-17/h1-7,14H,8-13H2. The van der Waals surface area contributed by atoms with Gasteiger partial charge in [0.25, 0.3) is 6.01 Å². The largest absolute Gasteiger partial charge is 0.423 e. The monoisotopic (exact) mass is 336 g/mol. The Bertz CT molecular complexity index is 819. The number of anilines is 2. The summed E-state index contributed by atoms with van der Waals surface area (Å²) in [5.74, 6) is 0.837. The van der Waals surface area contributed by atoms with Crippen molar-refractivity contribution >= 4 is 23.1 Å². The molecule has 3 aromatic rings. The van der Waals surface area contributed by atoms with Crippen LogP contribution in [0.25, 0.3) is 11.1 Å². The fraction of sp³-hybridized carbons (Fsp3) is 0.389. The minimum Gasteiger partial charge on any atom is -0.423 e. The van der Waals surface area contributed by atoms with E-state index >= 15 is 0 Å². The Labute approximate surface area is 145 Å². The Morgan fingerprint density at radius 2 is 1.64 bits per heavy atom. The maximum Gasteiger partial charge on any atom is 0.298 e. The normalized spacial score (nSPS) is 19.4. The van der Waals surface area contributed by atoms with Crippen LogP contribution in [0.15, 0.2) is 47.1 Å². The second kappa shape index (κ2) is 6.00. The molecule has 7 nitrogen and oxygen atoms in total. The second-order valence-corrected chi connectivity index (χ2v) is 6.59. The van der Waals surface area contributed by atoms with E-state index in [9.17, 15) is 0 Å². The molecule has 0 unspecified atom stereocenters. The Kier molecular flexibility index (Phi) is 3.52. The van der Waals surface area contributed by atoms with Gasteiger partial charge in [-0.05, 0) is 18.2 Å². The second-order valence-electron chi connectivity index (χ2n) is 6.59. The number of hydrogen-bond acceptors (Lipinski definition) is 7. The number of nitrogens with zero attached hydrogens (tertiary/aromatic N) is 6. The summed E-state index contributed by atoms with van der Waals surface area (Å²) >= 11 is 0. The van der Waals surface area contributed by atoms with Gasteiger partial charge in [0.05, 0.1) is 0 Å². The molecule has 0 N–H and O–H groups in total. The molecule has 128 valence electrons. The number of aromatic nitrogens is 3. The highest BCUT2D eigenvalue weighted by atomic mass is 16.4. The van der Waals surface area contributed by atoms with Crippen LogP contribution in [-0.2, 0) is 0 Å². The lowest BCUT2D eigenvalue weighted by atomic mass is 10.1. The summed E-state index contributed by atoms with van der Waals surface area (Å²) in [6, 6.07) is 11.1. The van der Waals surface area contributed by atoms with E-state index in [0.717, 1.165) is 62.3 Å². The number of fused-ring (bicyclic) bond motifs is 1. The van der Waals surface area contributed by atoms with Crippen LogP contribution in [0.4, 0.5) is 12.0 Å². The van der Waals surface area contributed by atoms with E-state index in [-0.39, 0.29) is 0 Å². The predicted octanol–water partition coefficient (Wildman–Crippen LogP) is 1.63. The van der Waals surface area contributed by atoms with Gasteiger partial charge in [-0.1, -0.05) is 12.1 Å². The van der Waals surface area contributed by atoms with Crippen molar-refractivity contribution < 1.29 is 4.42 Å². The van der Waals surface area contributed by atoms with E-state index in [1.165, 1.54) is 0 Å². The van der Waals surface area contributed by atoms with Crippen molar-refractivity contribution in [2.24, 2.45) is 0 Å². The Balaban J connectivity index is 1.18. The zero-order valence-electron chi connectivity index (χ0n) is 14.0. The molecular formula is C18H20N6O. The van der Waals surface area contributed by atoms with Gasteiger partial charge < -0.3 is 14.2 Å². The fourth-order valence-electron chi connectivity index (χ4n) is 3.58. The zero-order valence-corrected chi connectivity index (χ0v) is 14.0. The lowest BCUT2D eigenvalue weighted by Crippen LogP contribution is -2.63. The van der Waals surface area contributed by atoms with Crippen LogP contribution in [-0.4, -0.2) is 65.2 Å². The average Bonchev–Trinajstić information content (AvgIpc) is 3.05. The molecule has 0 bridgehead atoms. The van der Waals surface area contributed by atoms with Crippen molar-refractivity contribution in [2.75, 3.05) is 49.1 Å². The summed E-state index contributed by atoms with van der Waals surface area (Å²) in [4.78, 5) is 20.3. The summed E-state index contributed by atoms with van der Waals surface area (Å²) in [5, 5.41) is 0. The quantitative estimate of drug-likeness (QED) is 0.720. The number of para-hydroxylation sites is 2. The van der Waals surface area contributed by atoms with Crippen molar-refractivity contribution in [2.45, 2.75) is 6.04 Å². The topological polar surface area (TPSA) is 61.5 Å². The van der Waals surface area contributed by atoms with Gasteiger partial charge in [0, 0.05) is 57.7 Å². The molecule has 0 aliphatic carbocycles. The van der Waals surface area contributed by atoms with Crippen molar-refractivity contribution in [3.63, 3.8) is 0 Å². The van der Waals surface area contributed by atoms with Gasteiger partial charge in [-0.25, -0.2) is 9.97 Å². The zero-order chi connectivity index (χ0) is 16.6. The molecule has 2 saturated heterocycles. The molecule has 7 heteroatoms. The number of piperazine rings is 1. The van der Waals surface area contributed by atoms with E-state index in [2.05, 4.69) is 29.7 Å². The van der Waals surface area contributed by atoms with E-state index < -0.39 is 0 Å². The van der Waals surface area contributed by atoms with Crippen LogP contribution < -0.4 is 9.80 Å². The first-order chi connectivity index (χ1) is 12.4. The molecule has 0 atom stereocenters. The third kappa shape index (κ3) is 2.70. The lowest BCUT2D eigenvalue weighted by molar-refractivity contribution is 0.153. The first-order valence-electron chi connectivity index (χ1n) is 8.73. The van der Waals surface area contributed by atoms with Crippen LogP contribution in [0.2, 0.25) is 0 Å². The molecule has 2 fully saturated rings. The highest BCUT2D eigenvalue weighted by Gasteiger charge is 2.36. The Morgan fingerprint density at radius 1 is 0.880 bits per heavy atom. The molecule has 0 radical (unpaired) electrons. The molecule has 0 saturated carbocycles. The molecule has 25 heavy (non-hydrogen) atoms. The molecule has 2 aliphatic heterocycles. The number of hydrogen-bond donors (Lipinski definition) is 0. The Morgan fingerprint density at radius 3 is 2.40 bits per heavy atom. The lowest BCUT2D eigenvalue weighted by Gasteiger charge is -2.47. The van der Waals surface area contributed by atoms with Crippen LogP contribution in [0, 0.1) is 0 Å². The first kappa shape index (κ1) is 14.7. The Hall–Kier alpha value is -2.67. The molecule has 4 heterocycles. The van der Waals surface area contributed by atoms with E-state index in [1.54, 1.807) is 12.4 Å². The molecule has 0 amide bonds. The summed E-state index contributed by atoms with van der Waals surface area (Å²) < 4.78 is 5.85. The first-order valence-corrected chi connectivity index (χ1v) is 8.73. The predicted molar refractivity (Wildman–Crippen MR) is 95.8 cm³/mol. The van der Waals surface area contributed by atoms with Crippen LogP contribution in [0.3, 0.4) is 0 Å². The van der Waals surface area contributed by atoms with Gasteiger partial charge in [-0.2, -0.15) is 4.98 Å². The van der Waals surface area contributed by atoms with E-state index in [4.69, 9.17) is 4.42 Å². The van der Waals surface area contributed by atoms with E-state index in [1.807, 2.05) is 30.3 Å². The molecule has 1 aromatic carbocycles. The van der Waals surface area contributed by atoms with Gasteiger partial charge in [-0.15, -0.1) is 0 Å². The van der Waals surface area contributed by atoms with Crippen molar-refractivity contribution in [3.8, 4) is 0 Å². The summed E-state index contributed by atoms with van der Waals surface area (Å²) in [5.41, 5.74) is 1.79. The van der Waals surface area contributed by atoms with E-state index in [0.29, 0.717) is 6.04 Å². The molecule has 2 aliphatic rings. The summed E-state index contributed by atoms with van der Waals surface area (Å²) in [6.07, 6.45) is 3.61. The molecule has 5 rings (SSSR count). The highest BCUT2D eigenvalue weighted by Crippen LogP contribution is 2.27.